The molecule has 11 aromatic rings. The lowest BCUT2D eigenvalue weighted by molar-refractivity contribution is 1.15. The van der Waals surface area contributed by atoms with Gasteiger partial charge in [-0.15, -0.1) is 11.3 Å². The lowest BCUT2D eigenvalue weighted by Crippen LogP contribution is -2.00. The average Bonchev–Trinajstić information content (AvgIpc) is 3.85. The molecule has 4 nitrogen and oxygen atoms in total. The molecule has 51 heavy (non-hydrogen) atoms. The van der Waals surface area contributed by atoms with E-state index in [4.69, 9.17) is 9.97 Å². The van der Waals surface area contributed by atoms with Crippen molar-refractivity contribution in [3.05, 3.63) is 170 Å². The molecule has 0 N–H and O–H groups in total. The van der Waals surface area contributed by atoms with Gasteiger partial charge in [0.05, 0.1) is 38.0 Å². The Balaban J connectivity index is 1.16. The Morgan fingerprint density at radius 2 is 1.00 bits per heavy atom. The lowest BCUT2D eigenvalue weighted by atomic mass is 10.0. The first kappa shape index (κ1) is 28.3. The van der Waals surface area contributed by atoms with Crippen molar-refractivity contribution < 1.29 is 0 Å². The van der Waals surface area contributed by atoms with Crippen LogP contribution in [0.5, 0.6) is 0 Å². The highest BCUT2D eigenvalue weighted by molar-refractivity contribution is 7.25. The van der Waals surface area contributed by atoms with Crippen LogP contribution in [0.15, 0.2) is 170 Å². The van der Waals surface area contributed by atoms with Crippen molar-refractivity contribution in [1.82, 2.24) is 19.1 Å². The molecule has 0 spiro atoms. The maximum atomic E-state index is 5.39. The van der Waals surface area contributed by atoms with Gasteiger partial charge in [0, 0.05) is 49.1 Å². The van der Waals surface area contributed by atoms with E-state index in [2.05, 4.69) is 173 Å². The average molecular weight is 669 g/mol. The van der Waals surface area contributed by atoms with E-state index in [1.54, 1.807) is 11.3 Å². The third kappa shape index (κ3) is 4.25. The second-order valence-corrected chi connectivity index (χ2v) is 14.1. The third-order valence-electron chi connectivity index (χ3n) is 10.2. The van der Waals surface area contributed by atoms with Gasteiger partial charge < -0.3 is 9.13 Å². The summed E-state index contributed by atoms with van der Waals surface area (Å²) < 4.78 is 7.03. The second-order valence-electron chi connectivity index (χ2n) is 13.0. The molecule has 0 amide bonds. The second kappa shape index (κ2) is 11.0. The predicted molar refractivity (Wildman–Crippen MR) is 214 cm³/mol. The summed E-state index contributed by atoms with van der Waals surface area (Å²) in [6.07, 6.45) is 2.00. The highest BCUT2D eigenvalue weighted by atomic mass is 32.1. The molecule has 0 aliphatic rings. The number of benzene rings is 7. The molecule has 0 aliphatic heterocycles. The van der Waals surface area contributed by atoms with Crippen LogP contribution in [0.4, 0.5) is 0 Å². The zero-order chi connectivity index (χ0) is 33.5. The van der Waals surface area contributed by atoms with Gasteiger partial charge in [0.1, 0.15) is 0 Å². The topological polar surface area (TPSA) is 35.6 Å². The van der Waals surface area contributed by atoms with E-state index in [-0.39, 0.29) is 0 Å². The van der Waals surface area contributed by atoms with Gasteiger partial charge in [-0.2, -0.15) is 0 Å². The number of hydrogen-bond acceptors (Lipinski definition) is 3. The number of aromatic nitrogens is 4. The standard InChI is InChI=1S/C46H28N4S/c1-2-12-29(13-3-1)30-22-24-36(42(26-30)50-40-20-10-6-16-34(40)35-17-7-11-21-41(35)50)46-47-28-44-45(48-46)37-27-31(23-25-43(37)51-44)49-38-18-8-4-14-32(38)33-15-5-9-19-39(33)49/h1-28H. The molecule has 4 aromatic heterocycles. The molecule has 0 aliphatic carbocycles. The van der Waals surface area contributed by atoms with E-state index in [0.29, 0.717) is 5.82 Å². The number of fused-ring (bicyclic) bond motifs is 9. The summed E-state index contributed by atoms with van der Waals surface area (Å²) in [6.45, 7) is 0. The first-order valence-corrected chi connectivity index (χ1v) is 18.0. The van der Waals surface area contributed by atoms with Gasteiger partial charge in [0.15, 0.2) is 5.82 Å². The summed E-state index contributed by atoms with van der Waals surface area (Å²) in [6, 6.07) is 58.7. The smallest absolute Gasteiger partial charge is 0.161 e. The Labute approximate surface area is 297 Å². The predicted octanol–water partition coefficient (Wildman–Crippen LogP) is 12.4. The van der Waals surface area contributed by atoms with Crippen LogP contribution in [0.1, 0.15) is 0 Å². The normalized spacial score (nSPS) is 11.9. The van der Waals surface area contributed by atoms with Crippen molar-refractivity contribution >= 4 is 75.3 Å². The summed E-state index contributed by atoms with van der Waals surface area (Å²) >= 11 is 1.74. The fourth-order valence-corrected chi connectivity index (χ4v) is 8.91. The summed E-state index contributed by atoms with van der Waals surface area (Å²) in [4.78, 5) is 10.4. The van der Waals surface area contributed by atoms with Gasteiger partial charge in [-0.1, -0.05) is 109 Å². The summed E-state index contributed by atoms with van der Waals surface area (Å²) in [5.74, 6) is 0.709. The number of hydrogen-bond donors (Lipinski definition) is 0. The molecule has 11 rings (SSSR count). The molecule has 0 radical (unpaired) electrons. The Bertz CT molecular complexity index is 3040. The van der Waals surface area contributed by atoms with Crippen molar-refractivity contribution in [3.8, 4) is 33.9 Å². The summed E-state index contributed by atoms with van der Waals surface area (Å²) in [5, 5.41) is 6.09. The third-order valence-corrected chi connectivity index (χ3v) is 11.3. The molecule has 0 saturated carbocycles. The van der Waals surface area contributed by atoms with E-state index in [0.717, 1.165) is 49.1 Å². The number of para-hydroxylation sites is 4. The fourth-order valence-electron chi connectivity index (χ4n) is 7.92. The van der Waals surface area contributed by atoms with Crippen LogP contribution in [0.3, 0.4) is 0 Å². The van der Waals surface area contributed by atoms with E-state index in [1.165, 1.54) is 42.8 Å². The minimum absolute atomic E-state index is 0.709. The van der Waals surface area contributed by atoms with Crippen molar-refractivity contribution in [2.75, 3.05) is 0 Å². The first-order chi connectivity index (χ1) is 25.3. The van der Waals surface area contributed by atoms with Crippen molar-refractivity contribution in [2.45, 2.75) is 0 Å². The van der Waals surface area contributed by atoms with Crippen LogP contribution < -0.4 is 0 Å². The van der Waals surface area contributed by atoms with Crippen LogP contribution in [-0.4, -0.2) is 19.1 Å². The van der Waals surface area contributed by atoms with Gasteiger partial charge in [-0.25, -0.2) is 9.97 Å². The largest absolute Gasteiger partial charge is 0.309 e. The van der Waals surface area contributed by atoms with E-state index < -0.39 is 0 Å². The molecular weight excluding hydrogens is 641 g/mol. The highest BCUT2D eigenvalue weighted by Gasteiger charge is 2.20. The summed E-state index contributed by atoms with van der Waals surface area (Å²) in [5.41, 5.74) is 11.2. The van der Waals surface area contributed by atoms with Crippen LogP contribution in [0, 0.1) is 0 Å². The van der Waals surface area contributed by atoms with Gasteiger partial charge in [0.25, 0.3) is 0 Å². The van der Waals surface area contributed by atoms with Crippen LogP contribution >= 0.6 is 11.3 Å². The fraction of sp³-hybridized carbons (Fsp3) is 0. The van der Waals surface area contributed by atoms with Crippen LogP contribution in [-0.2, 0) is 0 Å². The Kier molecular flexibility index (Phi) is 6.09. The minimum Gasteiger partial charge on any atom is -0.309 e. The Morgan fingerprint density at radius 1 is 0.431 bits per heavy atom. The molecule has 5 heteroatoms. The molecule has 0 unspecified atom stereocenters. The quantitative estimate of drug-likeness (QED) is 0.187. The molecular formula is C46H28N4S. The lowest BCUT2D eigenvalue weighted by Gasteiger charge is -2.15. The van der Waals surface area contributed by atoms with E-state index in [1.807, 2.05) is 6.20 Å². The van der Waals surface area contributed by atoms with E-state index >= 15 is 0 Å². The zero-order valence-electron chi connectivity index (χ0n) is 27.4. The minimum atomic E-state index is 0.709. The number of rotatable bonds is 4. The zero-order valence-corrected chi connectivity index (χ0v) is 28.2. The van der Waals surface area contributed by atoms with Crippen LogP contribution in [0.2, 0.25) is 0 Å². The maximum Gasteiger partial charge on any atom is 0.161 e. The van der Waals surface area contributed by atoms with Crippen molar-refractivity contribution in [1.29, 1.82) is 0 Å². The van der Waals surface area contributed by atoms with Gasteiger partial charge in [0.2, 0.25) is 0 Å². The molecule has 0 atom stereocenters. The molecule has 4 heterocycles. The SMILES string of the molecule is c1ccc(-c2ccc(-c3ncc4sc5ccc(-n6c7ccccc7c7ccccc76)cc5c4n3)c(-n3c4ccccc4c4ccccc43)c2)cc1. The molecule has 0 saturated heterocycles. The Hall–Kier alpha value is -6.56. The Morgan fingerprint density at radius 3 is 1.63 bits per heavy atom. The highest BCUT2D eigenvalue weighted by Crippen LogP contribution is 2.40. The molecule has 0 bridgehead atoms. The van der Waals surface area contributed by atoms with Crippen molar-refractivity contribution in [2.24, 2.45) is 0 Å². The number of nitrogens with zero attached hydrogens (tertiary/aromatic N) is 4. The van der Waals surface area contributed by atoms with E-state index in [9.17, 15) is 0 Å². The van der Waals surface area contributed by atoms with Gasteiger partial charge in [-0.3, -0.25) is 0 Å². The number of thiophene rings is 1. The first-order valence-electron chi connectivity index (χ1n) is 17.2. The molecule has 238 valence electrons. The van der Waals surface area contributed by atoms with Gasteiger partial charge in [-0.05, 0) is 65.7 Å². The monoisotopic (exact) mass is 668 g/mol. The summed E-state index contributed by atoms with van der Waals surface area (Å²) in [7, 11) is 0. The van der Waals surface area contributed by atoms with Crippen LogP contribution in [0.25, 0.3) is 97.8 Å². The van der Waals surface area contributed by atoms with Crippen molar-refractivity contribution in [3.63, 3.8) is 0 Å². The molecule has 0 fully saturated rings. The van der Waals surface area contributed by atoms with Gasteiger partial charge >= 0.3 is 0 Å². The maximum absolute atomic E-state index is 5.39. The molecule has 7 aromatic carbocycles.